The molecule has 1 atom stereocenters. The second-order valence-electron chi connectivity index (χ2n) is 5.94. The van der Waals surface area contributed by atoms with Crippen molar-refractivity contribution in [3.05, 3.63) is 38.9 Å². The fraction of sp³-hybridized carbons (Fsp3) is 0.600. The van der Waals surface area contributed by atoms with Crippen LogP contribution in [0.3, 0.4) is 0 Å². The molecule has 0 radical (unpaired) electrons. The van der Waals surface area contributed by atoms with E-state index >= 15 is 0 Å². The molecule has 2 aliphatic rings. The summed E-state index contributed by atoms with van der Waals surface area (Å²) in [5.41, 5.74) is 0.977. The van der Waals surface area contributed by atoms with Crippen molar-refractivity contribution in [2.24, 2.45) is 5.92 Å². The molecule has 2 fully saturated rings. The number of halogens is 1. The first kappa shape index (κ1) is 14.8. The van der Waals surface area contributed by atoms with Gasteiger partial charge < -0.3 is 5.32 Å². The number of nitro groups is 1. The Labute approximate surface area is 129 Å². The molecule has 1 N–H and O–H groups in total. The van der Waals surface area contributed by atoms with Crippen molar-refractivity contribution in [2.75, 3.05) is 26.2 Å². The molecule has 6 heteroatoms. The Balaban J connectivity index is 1.93. The van der Waals surface area contributed by atoms with Crippen LogP contribution in [-0.2, 0) is 0 Å². The zero-order valence-corrected chi connectivity index (χ0v) is 12.7. The third-order valence-electron chi connectivity index (χ3n) is 4.39. The Morgan fingerprint density at radius 1 is 1.38 bits per heavy atom. The van der Waals surface area contributed by atoms with Crippen molar-refractivity contribution in [3.63, 3.8) is 0 Å². The van der Waals surface area contributed by atoms with Crippen molar-refractivity contribution in [1.82, 2.24) is 10.2 Å². The number of benzene rings is 1. The Morgan fingerprint density at radius 3 is 2.71 bits per heavy atom. The maximum Gasteiger partial charge on any atom is 0.274 e. The van der Waals surface area contributed by atoms with Crippen LogP contribution in [0.4, 0.5) is 5.69 Å². The van der Waals surface area contributed by atoms with E-state index in [0.29, 0.717) is 10.9 Å². The largest absolute Gasteiger partial charge is 0.314 e. The zero-order valence-electron chi connectivity index (χ0n) is 11.9. The van der Waals surface area contributed by atoms with E-state index < -0.39 is 0 Å². The van der Waals surface area contributed by atoms with Gasteiger partial charge in [-0.05, 0) is 24.5 Å². The van der Waals surface area contributed by atoms with Gasteiger partial charge in [-0.3, -0.25) is 15.0 Å². The summed E-state index contributed by atoms with van der Waals surface area (Å²) >= 11 is 6.10. The standard InChI is InChI=1S/C15H20ClN3O2/c16-12-3-4-14(19(20)21)13(10-12)15(9-11-1-2-11)18-7-5-17-6-8-18/h3-4,10-11,15,17H,1-2,5-9H2/t15-/m1/s1. The molecule has 21 heavy (non-hydrogen) atoms. The molecule has 1 saturated carbocycles. The Kier molecular flexibility index (Phi) is 4.42. The molecule has 1 aromatic carbocycles. The van der Waals surface area contributed by atoms with Crippen LogP contribution in [0.15, 0.2) is 18.2 Å². The fourth-order valence-corrected chi connectivity index (χ4v) is 3.27. The predicted octanol–water partition coefficient (Wildman–Crippen LogP) is 2.99. The van der Waals surface area contributed by atoms with Crippen LogP contribution >= 0.6 is 11.6 Å². The molecule has 1 heterocycles. The molecule has 0 spiro atoms. The van der Waals surface area contributed by atoms with E-state index in [1.165, 1.54) is 12.8 Å². The van der Waals surface area contributed by atoms with Gasteiger partial charge in [-0.25, -0.2) is 0 Å². The Morgan fingerprint density at radius 2 is 2.10 bits per heavy atom. The average Bonchev–Trinajstić information content (AvgIpc) is 3.29. The number of hydrogen-bond donors (Lipinski definition) is 1. The highest BCUT2D eigenvalue weighted by atomic mass is 35.5. The van der Waals surface area contributed by atoms with Crippen LogP contribution in [0.1, 0.15) is 30.9 Å². The summed E-state index contributed by atoms with van der Waals surface area (Å²) in [4.78, 5) is 13.4. The maximum atomic E-state index is 11.4. The molecule has 1 saturated heterocycles. The lowest BCUT2D eigenvalue weighted by Crippen LogP contribution is -2.45. The van der Waals surface area contributed by atoms with Crippen LogP contribution < -0.4 is 5.32 Å². The van der Waals surface area contributed by atoms with Crippen molar-refractivity contribution >= 4 is 17.3 Å². The number of nitrogens with zero attached hydrogens (tertiary/aromatic N) is 2. The fourth-order valence-electron chi connectivity index (χ4n) is 3.09. The Hall–Kier alpha value is -1.17. The topological polar surface area (TPSA) is 58.4 Å². The molecular weight excluding hydrogens is 290 g/mol. The monoisotopic (exact) mass is 309 g/mol. The summed E-state index contributed by atoms with van der Waals surface area (Å²) in [5.74, 6) is 0.712. The van der Waals surface area contributed by atoms with Gasteiger partial charge in [0.2, 0.25) is 0 Å². The van der Waals surface area contributed by atoms with E-state index in [1.807, 2.05) is 0 Å². The first-order valence-corrected chi connectivity index (χ1v) is 7.91. The molecule has 3 rings (SSSR count). The smallest absolute Gasteiger partial charge is 0.274 e. The van der Waals surface area contributed by atoms with Gasteiger partial charge in [0.25, 0.3) is 5.69 Å². The molecular formula is C15H20ClN3O2. The minimum Gasteiger partial charge on any atom is -0.314 e. The van der Waals surface area contributed by atoms with Gasteiger partial charge in [-0.2, -0.15) is 0 Å². The van der Waals surface area contributed by atoms with Gasteiger partial charge in [0.1, 0.15) is 0 Å². The number of rotatable bonds is 5. The maximum absolute atomic E-state index is 11.4. The second-order valence-corrected chi connectivity index (χ2v) is 6.38. The zero-order chi connectivity index (χ0) is 14.8. The third-order valence-corrected chi connectivity index (χ3v) is 4.63. The predicted molar refractivity (Wildman–Crippen MR) is 82.6 cm³/mol. The summed E-state index contributed by atoms with van der Waals surface area (Å²) in [6.45, 7) is 3.74. The van der Waals surface area contributed by atoms with Gasteiger partial charge in [-0.15, -0.1) is 0 Å². The highest BCUT2D eigenvalue weighted by Gasteiger charge is 2.33. The lowest BCUT2D eigenvalue weighted by Gasteiger charge is -2.35. The van der Waals surface area contributed by atoms with Gasteiger partial charge in [0, 0.05) is 48.9 Å². The van der Waals surface area contributed by atoms with E-state index in [1.54, 1.807) is 18.2 Å². The second kappa shape index (κ2) is 6.30. The number of piperazine rings is 1. The summed E-state index contributed by atoms with van der Waals surface area (Å²) in [6, 6.07) is 5.04. The van der Waals surface area contributed by atoms with Crippen LogP contribution in [0.5, 0.6) is 0 Å². The number of hydrogen-bond acceptors (Lipinski definition) is 4. The molecule has 0 unspecified atom stereocenters. The van der Waals surface area contributed by atoms with Crippen molar-refractivity contribution in [3.8, 4) is 0 Å². The summed E-state index contributed by atoms with van der Waals surface area (Å²) in [7, 11) is 0. The van der Waals surface area contributed by atoms with Gasteiger partial charge in [0.15, 0.2) is 0 Å². The highest BCUT2D eigenvalue weighted by Crippen LogP contribution is 2.42. The van der Waals surface area contributed by atoms with Crippen LogP contribution in [0, 0.1) is 16.0 Å². The SMILES string of the molecule is O=[N+]([O-])c1ccc(Cl)cc1[C@@H](CC1CC1)N1CCNCC1. The quantitative estimate of drug-likeness (QED) is 0.671. The molecule has 1 aromatic rings. The highest BCUT2D eigenvalue weighted by molar-refractivity contribution is 6.30. The third kappa shape index (κ3) is 3.54. The van der Waals surface area contributed by atoms with E-state index in [9.17, 15) is 10.1 Å². The summed E-state index contributed by atoms with van der Waals surface area (Å²) in [6.07, 6.45) is 3.50. The van der Waals surface area contributed by atoms with Gasteiger partial charge in [0.05, 0.1) is 4.92 Å². The lowest BCUT2D eigenvalue weighted by molar-refractivity contribution is -0.386. The Bertz CT molecular complexity index is 528. The van der Waals surface area contributed by atoms with Crippen molar-refractivity contribution < 1.29 is 4.92 Å². The molecule has 0 aromatic heterocycles. The van der Waals surface area contributed by atoms with Crippen molar-refractivity contribution in [1.29, 1.82) is 0 Å². The molecule has 114 valence electrons. The first-order chi connectivity index (χ1) is 10.1. The van der Waals surface area contributed by atoms with E-state index in [-0.39, 0.29) is 16.7 Å². The van der Waals surface area contributed by atoms with Crippen LogP contribution in [0.25, 0.3) is 0 Å². The molecule has 0 amide bonds. The van der Waals surface area contributed by atoms with Gasteiger partial charge >= 0.3 is 0 Å². The summed E-state index contributed by atoms with van der Waals surface area (Å²) in [5, 5.41) is 15.3. The number of nitro benzene ring substituents is 1. The molecule has 0 bridgehead atoms. The normalized spacial score (nSPS) is 21.2. The minimum atomic E-state index is -0.284. The molecule has 1 aliphatic carbocycles. The summed E-state index contributed by atoms with van der Waals surface area (Å²) < 4.78 is 0. The average molecular weight is 310 g/mol. The van der Waals surface area contributed by atoms with Crippen LogP contribution in [-0.4, -0.2) is 36.0 Å². The minimum absolute atomic E-state index is 0.110. The van der Waals surface area contributed by atoms with Gasteiger partial charge in [-0.1, -0.05) is 24.4 Å². The lowest BCUT2D eigenvalue weighted by atomic mass is 9.97. The van der Waals surface area contributed by atoms with E-state index in [0.717, 1.165) is 38.2 Å². The molecule has 5 nitrogen and oxygen atoms in total. The molecule has 1 aliphatic heterocycles. The van der Waals surface area contributed by atoms with Crippen molar-refractivity contribution in [2.45, 2.75) is 25.3 Å². The number of nitrogens with one attached hydrogen (secondary N) is 1. The van der Waals surface area contributed by atoms with E-state index in [4.69, 9.17) is 11.6 Å². The van der Waals surface area contributed by atoms with E-state index in [2.05, 4.69) is 10.2 Å². The first-order valence-electron chi connectivity index (χ1n) is 7.54. The van der Waals surface area contributed by atoms with Crippen LogP contribution in [0.2, 0.25) is 5.02 Å².